The molecule has 3 nitrogen and oxygen atoms in total. The Hall–Kier alpha value is -0.870. The Balaban J connectivity index is 2.08. The van der Waals surface area contributed by atoms with E-state index in [1.807, 2.05) is 18.0 Å². The van der Waals surface area contributed by atoms with Gasteiger partial charge in [-0.25, -0.2) is 0 Å². The van der Waals surface area contributed by atoms with Crippen LogP contribution in [0.4, 0.5) is 0 Å². The molecule has 1 N–H and O–H groups in total. The van der Waals surface area contributed by atoms with Crippen LogP contribution in [-0.4, -0.2) is 30.9 Å². The Bertz CT molecular complexity index is 396. The Morgan fingerprint density at radius 1 is 1.61 bits per heavy atom. The number of amides is 1. The molecule has 1 aromatic heterocycles. The van der Waals surface area contributed by atoms with E-state index in [2.05, 4.69) is 30.6 Å². The van der Waals surface area contributed by atoms with Crippen molar-refractivity contribution in [1.82, 2.24) is 10.2 Å². The van der Waals surface area contributed by atoms with E-state index in [4.69, 9.17) is 0 Å². The summed E-state index contributed by atoms with van der Waals surface area (Å²) in [6.07, 6.45) is 2.07. The van der Waals surface area contributed by atoms with Crippen molar-refractivity contribution in [3.63, 3.8) is 0 Å². The first-order chi connectivity index (χ1) is 8.54. The molecule has 1 aliphatic heterocycles. The van der Waals surface area contributed by atoms with Crippen LogP contribution in [0.5, 0.6) is 0 Å². The topological polar surface area (TPSA) is 32.3 Å². The fraction of sp³-hybridized carbons (Fsp3) is 0.643. The molecule has 18 heavy (non-hydrogen) atoms. The zero-order valence-corrected chi connectivity index (χ0v) is 12.2. The second-order valence-electron chi connectivity index (χ2n) is 5.45. The molecular formula is C14H22N2OS. The highest BCUT2D eigenvalue weighted by Crippen LogP contribution is 2.32. The van der Waals surface area contributed by atoms with Crippen LogP contribution in [0.1, 0.15) is 37.6 Å². The van der Waals surface area contributed by atoms with Crippen LogP contribution in [0.15, 0.2) is 17.5 Å². The van der Waals surface area contributed by atoms with Crippen LogP contribution >= 0.6 is 11.3 Å². The van der Waals surface area contributed by atoms with Crippen molar-refractivity contribution < 1.29 is 4.79 Å². The maximum absolute atomic E-state index is 12.6. The summed E-state index contributed by atoms with van der Waals surface area (Å²) in [4.78, 5) is 15.8. The highest BCUT2D eigenvalue weighted by atomic mass is 32.1. The monoisotopic (exact) mass is 266 g/mol. The predicted octanol–water partition coefficient (Wildman–Crippen LogP) is 2.66. The van der Waals surface area contributed by atoms with Crippen molar-refractivity contribution in [2.75, 3.05) is 20.1 Å². The minimum absolute atomic E-state index is 0.163. The Kier molecular flexibility index (Phi) is 4.07. The summed E-state index contributed by atoms with van der Waals surface area (Å²) in [5.41, 5.74) is -0.238. The molecule has 0 aliphatic carbocycles. The van der Waals surface area contributed by atoms with E-state index in [1.165, 1.54) is 4.88 Å². The molecule has 0 aromatic carbocycles. The SMILES string of the molecule is CC(c1cccs1)N(C)C(=O)C1(C)CCCNC1. The van der Waals surface area contributed by atoms with Gasteiger partial charge < -0.3 is 10.2 Å². The lowest BCUT2D eigenvalue weighted by molar-refractivity contribution is -0.142. The van der Waals surface area contributed by atoms with Gasteiger partial charge in [0.1, 0.15) is 0 Å². The molecule has 4 heteroatoms. The molecule has 1 saturated heterocycles. The lowest BCUT2D eigenvalue weighted by atomic mass is 9.81. The van der Waals surface area contributed by atoms with Gasteiger partial charge in [0, 0.05) is 18.5 Å². The van der Waals surface area contributed by atoms with Gasteiger partial charge in [0.2, 0.25) is 5.91 Å². The number of thiophene rings is 1. The predicted molar refractivity (Wildman–Crippen MR) is 75.7 cm³/mol. The molecule has 0 radical (unpaired) electrons. The lowest BCUT2D eigenvalue weighted by Gasteiger charge is -2.38. The van der Waals surface area contributed by atoms with Gasteiger partial charge in [0.25, 0.3) is 0 Å². The largest absolute Gasteiger partial charge is 0.338 e. The van der Waals surface area contributed by atoms with E-state index < -0.39 is 0 Å². The molecule has 1 amide bonds. The van der Waals surface area contributed by atoms with Crippen LogP contribution in [0.3, 0.4) is 0 Å². The fourth-order valence-corrected chi connectivity index (χ4v) is 3.39. The standard InChI is InChI=1S/C14H22N2OS/c1-11(12-6-4-9-18-12)16(3)13(17)14(2)7-5-8-15-10-14/h4,6,9,11,15H,5,7-8,10H2,1-3H3. The third kappa shape index (κ3) is 2.59. The van der Waals surface area contributed by atoms with Crippen LogP contribution in [-0.2, 0) is 4.79 Å². The molecule has 1 fully saturated rings. The number of carbonyl (C=O) groups is 1. The molecular weight excluding hydrogens is 244 g/mol. The summed E-state index contributed by atoms with van der Waals surface area (Å²) in [5, 5.41) is 5.40. The van der Waals surface area contributed by atoms with Crippen molar-refractivity contribution in [1.29, 1.82) is 0 Å². The molecule has 0 bridgehead atoms. The van der Waals surface area contributed by atoms with Crippen molar-refractivity contribution in [3.8, 4) is 0 Å². The number of rotatable bonds is 3. The van der Waals surface area contributed by atoms with Gasteiger partial charge in [-0.3, -0.25) is 4.79 Å². The van der Waals surface area contributed by atoms with Crippen molar-refractivity contribution in [3.05, 3.63) is 22.4 Å². The maximum Gasteiger partial charge on any atom is 0.230 e. The highest BCUT2D eigenvalue weighted by molar-refractivity contribution is 7.10. The Morgan fingerprint density at radius 3 is 2.94 bits per heavy atom. The van der Waals surface area contributed by atoms with E-state index in [0.29, 0.717) is 0 Å². The normalized spacial score (nSPS) is 25.7. The number of carbonyl (C=O) groups excluding carboxylic acids is 1. The number of piperidine rings is 1. The first-order valence-electron chi connectivity index (χ1n) is 6.56. The molecule has 2 unspecified atom stereocenters. The summed E-state index contributed by atoms with van der Waals surface area (Å²) in [7, 11) is 1.92. The van der Waals surface area contributed by atoms with E-state index in [0.717, 1.165) is 25.9 Å². The van der Waals surface area contributed by atoms with Crippen LogP contribution in [0, 0.1) is 5.41 Å². The third-order valence-electron chi connectivity index (χ3n) is 3.97. The second-order valence-corrected chi connectivity index (χ2v) is 6.43. The summed E-state index contributed by atoms with van der Waals surface area (Å²) >= 11 is 1.71. The molecule has 0 spiro atoms. The van der Waals surface area contributed by atoms with E-state index in [-0.39, 0.29) is 17.4 Å². The van der Waals surface area contributed by atoms with Crippen molar-refractivity contribution in [2.24, 2.45) is 5.41 Å². The number of nitrogens with one attached hydrogen (secondary N) is 1. The number of nitrogens with zero attached hydrogens (tertiary/aromatic N) is 1. The molecule has 2 heterocycles. The third-order valence-corrected chi connectivity index (χ3v) is 5.01. The van der Waals surface area contributed by atoms with Gasteiger partial charge in [-0.15, -0.1) is 11.3 Å². The van der Waals surface area contributed by atoms with Crippen LogP contribution in [0.25, 0.3) is 0 Å². The van der Waals surface area contributed by atoms with Crippen molar-refractivity contribution in [2.45, 2.75) is 32.7 Å². The molecule has 2 atom stereocenters. The quantitative estimate of drug-likeness (QED) is 0.912. The van der Waals surface area contributed by atoms with Gasteiger partial charge in [-0.2, -0.15) is 0 Å². The fourth-order valence-electron chi connectivity index (χ4n) is 2.56. The first kappa shape index (κ1) is 13.6. The molecule has 100 valence electrons. The summed E-state index contributed by atoms with van der Waals surface area (Å²) < 4.78 is 0. The first-order valence-corrected chi connectivity index (χ1v) is 7.44. The molecule has 0 saturated carbocycles. The summed E-state index contributed by atoms with van der Waals surface area (Å²) in [6, 6.07) is 4.30. The van der Waals surface area contributed by atoms with E-state index >= 15 is 0 Å². The Morgan fingerprint density at radius 2 is 2.39 bits per heavy atom. The zero-order valence-electron chi connectivity index (χ0n) is 11.4. The molecule has 1 aromatic rings. The molecule has 1 aliphatic rings. The average Bonchev–Trinajstić information content (AvgIpc) is 2.91. The highest BCUT2D eigenvalue weighted by Gasteiger charge is 2.38. The minimum Gasteiger partial charge on any atom is -0.338 e. The van der Waals surface area contributed by atoms with Gasteiger partial charge in [0.15, 0.2) is 0 Å². The maximum atomic E-state index is 12.6. The van der Waals surface area contributed by atoms with Gasteiger partial charge >= 0.3 is 0 Å². The van der Waals surface area contributed by atoms with Gasteiger partial charge in [-0.1, -0.05) is 6.07 Å². The molecule has 2 rings (SSSR count). The van der Waals surface area contributed by atoms with E-state index in [1.54, 1.807) is 11.3 Å². The van der Waals surface area contributed by atoms with Crippen LogP contribution in [0.2, 0.25) is 0 Å². The Labute approximate surface area is 113 Å². The smallest absolute Gasteiger partial charge is 0.230 e. The second kappa shape index (κ2) is 5.41. The number of hydrogen-bond acceptors (Lipinski definition) is 3. The van der Waals surface area contributed by atoms with Crippen molar-refractivity contribution >= 4 is 17.2 Å². The van der Waals surface area contributed by atoms with E-state index in [9.17, 15) is 4.79 Å². The van der Waals surface area contributed by atoms with Gasteiger partial charge in [0.05, 0.1) is 11.5 Å². The summed E-state index contributed by atoms with van der Waals surface area (Å²) in [5.74, 6) is 0.260. The average molecular weight is 266 g/mol. The summed E-state index contributed by atoms with van der Waals surface area (Å²) in [6.45, 7) is 6.02. The zero-order chi connectivity index (χ0) is 13.2. The lowest BCUT2D eigenvalue weighted by Crippen LogP contribution is -2.49. The van der Waals surface area contributed by atoms with Crippen LogP contribution < -0.4 is 5.32 Å². The minimum atomic E-state index is -0.238. The number of hydrogen-bond donors (Lipinski definition) is 1. The van der Waals surface area contributed by atoms with Gasteiger partial charge in [-0.05, 0) is 44.7 Å².